The third-order valence-corrected chi connectivity index (χ3v) is 3.78. The first kappa shape index (κ1) is 19.1. The minimum atomic E-state index is -1.75. The summed E-state index contributed by atoms with van der Waals surface area (Å²) in [6.45, 7) is 7.26. The molecule has 1 aromatic carbocycles. The summed E-state index contributed by atoms with van der Waals surface area (Å²) in [5.74, 6) is -1.14. The zero-order valence-electron chi connectivity index (χ0n) is 14.6. The van der Waals surface area contributed by atoms with Crippen LogP contribution in [0.3, 0.4) is 0 Å². The molecule has 2 rings (SSSR count). The molecule has 0 aromatic heterocycles. The normalized spacial score (nSPS) is 15.1. The summed E-state index contributed by atoms with van der Waals surface area (Å²) in [7, 11) is -1.75. The number of rotatable bonds is 3. The molecule has 1 aliphatic rings. The number of carboxylic acid groups (broad SMARTS) is 1. The predicted molar refractivity (Wildman–Crippen MR) is 93.2 cm³/mol. The van der Waals surface area contributed by atoms with Gasteiger partial charge in [0.05, 0.1) is 5.56 Å². The molecule has 25 heavy (non-hydrogen) atoms. The lowest BCUT2D eigenvalue weighted by Gasteiger charge is -2.37. The molecule has 3 N–H and O–H groups in total. The van der Waals surface area contributed by atoms with Gasteiger partial charge in [-0.1, -0.05) is 0 Å². The summed E-state index contributed by atoms with van der Waals surface area (Å²) in [5, 5.41) is 27.9. The minimum Gasteiger partial charge on any atom is -0.478 e. The van der Waals surface area contributed by atoms with E-state index in [1.54, 1.807) is 31.7 Å². The Bertz CT molecular complexity index is 651. The Morgan fingerprint density at radius 3 is 2.16 bits per heavy atom. The van der Waals surface area contributed by atoms with Crippen LogP contribution in [0.15, 0.2) is 18.2 Å². The van der Waals surface area contributed by atoms with Gasteiger partial charge in [-0.25, -0.2) is 9.59 Å². The lowest BCUT2D eigenvalue weighted by molar-refractivity contribution is 0.0240. The number of ether oxygens (including phenoxy) is 1. The summed E-state index contributed by atoms with van der Waals surface area (Å²) in [4.78, 5) is 26.8. The van der Waals surface area contributed by atoms with Crippen molar-refractivity contribution in [1.82, 2.24) is 4.90 Å². The second-order valence-corrected chi connectivity index (χ2v) is 6.95. The fourth-order valence-corrected chi connectivity index (χ4v) is 2.56. The molecule has 1 heterocycles. The molecule has 1 aliphatic heterocycles. The molecule has 1 aromatic rings. The molecule has 9 heteroatoms. The van der Waals surface area contributed by atoms with E-state index in [1.807, 2.05) is 4.90 Å². The number of carbonyl (C=O) groups is 2. The molecule has 0 radical (unpaired) electrons. The molecule has 0 aliphatic carbocycles. The molecule has 8 nitrogen and oxygen atoms in total. The van der Waals surface area contributed by atoms with Crippen LogP contribution in [-0.2, 0) is 4.74 Å². The lowest BCUT2D eigenvalue weighted by atomic mass is 9.79. The highest BCUT2D eigenvalue weighted by atomic mass is 16.6. The average molecular weight is 350 g/mol. The van der Waals surface area contributed by atoms with Gasteiger partial charge in [0.1, 0.15) is 5.60 Å². The second-order valence-electron chi connectivity index (χ2n) is 6.95. The van der Waals surface area contributed by atoms with Gasteiger partial charge in [-0.05, 0) is 44.4 Å². The molecular formula is C16H23BN2O6. The third kappa shape index (κ3) is 5.11. The Labute approximate surface area is 146 Å². The largest absolute Gasteiger partial charge is 0.488 e. The number of benzene rings is 1. The fraction of sp³-hybridized carbons (Fsp3) is 0.500. The summed E-state index contributed by atoms with van der Waals surface area (Å²) < 4.78 is 5.34. The van der Waals surface area contributed by atoms with E-state index >= 15 is 0 Å². The zero-order chi connectivity index (χ0) is 18.8. The van der Waals surface area contributed by atoms with Crippen molar-refractivity contribution in [2.75, 3.05) is 31.1 Å². The van der Waals surface area contributed by atoms with Crippen molar-refractivity contribution in [3.63, 3.8) is 0 Å². The Kier molecular flexibility index (Phi) is 5.59. The van der Waals surface area contributed by atoms with Crippen molar-refractivity contribution >= 4 is 30.3 Å². The van der Waals surface area contributed by atoms with Gasteiger partial charge in [0.25, 0.3) is 0 Å². The summed E-state index contributed by atoms with van der Waals surface area (Å²) >= 11 is 0. The van der Waals surface area contributed by atoms with Gasteiger partial charge >= 0.3 is 19.2 Å². The molecule has 0 spiro atoms. The number of carboxylic acids is 1. The molecule has 0 saturated carbocycles. The molecule has 0 atom stereocenters. The molecular weight excluding hydrogens is 327 g/mol. The highest BCUT2D eigenvalue weighted by Crippen LogP contribution is 2.19. The maximum atomic E-state index is 12.1. The van der Waals surface area contributed by atoms with Crippen molar-refractivity contribution in [2.45, 2.75) is 26.4 Å². The molecule has 0 unspecified atom stereocenters. The van der Waals surface area contributed by atoms with Crippen LogP contribution in [0.1, 0.15) is 31.1 Å². The summed E-state index contributed by atoms with van der Waals surface area (Å²) in [5.41, 5.74) is 0.113. The number of nitrogens with zero attached hydrogens (tertiary/aromatic N) is 2. The van der Waals surface area contributed by atoms with Gasteiger partial charge in [0.2, 0.25) is 0 Å². The topological polar surface area (TPSA) is 111 Å². The van der Waals surface area contributed by atoms with Crippen molar-refractivity contribution in [1.29, 1.82) is 0 Å². The van der Waals surface area contributed by atoms with Crippen LogP contribution in [0.4, 0.5) is 10.5 Å². The monoisotopic (exact) mass is 350 g/mol. The van der Waals surface area contributed by atoms with Crippen LogP contribution in [0.2, 0.25) is 0 Å². The van der Waals surface area contributed by atoms with E-state index in [4.69, 9.17) is 4.74 Å². The highest BCUT2D eigenvalue weighted by Gasteiger charge is 2.27. The van der Waals surface area contributed by atoms with Crippen LogP contribution >= 0.6 is 0 Å². The van der Waals surface area contributed by atoms with Gasteiger partial charge in [0, 0.05) is 31.9 Å². The molecule has 1 saturated heterocycles. The van der Waals surface area contributed by atoms with Gasteiger partial charge in [0.15, 0.2) is 0 Å². The second kappa shape index (κ2) is 7.32. The quantitative estimate of drug-likeness (QED) is 0.664. The number of hydrogen-bond acceptors (Lipinski definition) is 6. The minimum absolute atomic E-state index is 0.0184. The maximum absolute atomic E-state index is 12.1. The average Bonchev–Trinajstić information content (AvgIpc) is 2.53. The molecule has 1 fully saturated rings. The van der Waals surface area contributed by atoms with Gasteiger partial charge < -0.3 is 29.7 Å². The van der Waals surface area contributed by atoms with E-state index < -0.39 is 18.7 Å². The van der Waals surface area contributed by atoms with Crippen molar-refractivity contribution in [3.05, 3.63) is 23.8 Å². The first-order valence-electron chi connectivity index (χ1n) is 8.04. The van der Waals surface area contributed by atoms with E-state index in [0.29, 0.717) is 31.9 Å². The highest BCUT2D eigenvalue weighted by molar-refractivity contribution is 6.58. The van der Waals surface area contributed by atoms with Crippen molar-refractivity contribution < 1.29 is 29.5 Å². The predicted octanol–water partition coefficient (Wildman–Crippen LogP) is 0.122. The summed E-state index contributed by atoms with van der Waals surface area (Å²) in [6.07, 6.45) is -0.377. The van der Waals surface area contributed by atoms with E-state index in [2.05, 4.69) is 0 Å². The third-order valence-electron chi connectivity index (χ3n) is 3.78. The SMILES string of the molecule is CC(C)(C)OC(=O)N1CCN(c2cc(B(O)O)cc(C(=O)O)c2)CC1. The number of amides is 1. The number of piperazine rings is 1. The fourth-order valence-electron chi connectivity index (χ4n) is 2.56. The Morgan fingerprint density at radius 1 is 1.08 bits per heavy atom. The Hall–Kier alpha value is -2.26. The van der Waals surface area contributed by atoms with Crippen LogP contribution in [0.5, 0.6) is 0 Å². The Morgan fingerprint density at radius 2 is 1.68 bits per heavy atom. The van der Waals surface area contributed by atoms with E-state index in [-0.39, 0.29) is 17.1 Å². The van der Waals surface area contributed by atoms with Gasteiger partial charge in [-0.3, -0.25) is 0 Å². The first-order chi connectivity index (χ1) is 11.6. The Balaban J connectivity index is 2.10. The van der Waals surface area contributed by atoms with E-state index in [0.717, 1.165) is 0 Å². The van der Waals surface area contributed by atoms with Gasteiger partial charge in [-0.15, -0.1) is 0 Å². The van der Waals surface area contributed by atoms with Crippen LogP contribution < -0.4 is 10.4 Å². The number of aromatic carboxylic acids is 1. The standard InChI is InChI=1S/C16H23BN2O6/c1-16(2,3)25-15(22)19-6-4-18(5-7-19)13-9-11(14(20)21)8-12(10-13)17(23)24/h8-10,23-24H,4-7H2,1-3H3,(H,20,21). The zero-order valence-corrected chi connectivity index (χ0v) is 14.6. The lowest BCUT2D eigenvalue weighted by Crippen LogP contribution is -2.50. The molecule has 1 amide bonds. The van der Waals surface area contributed by atoms with Crippen molar-refractivity contribution in [3.8, 4) is 0 Å². The summed E-state index contributed by atoms with van der Waals surface area (Å²) in [6, 6.07) is 4.25. The van der Waals surface area contributed by atoms with E-state index in [1.165, 1.54) is 12.1 Å². The first-order valence-corrected chi connectivity index (χ1v) is 8.04. The molecule has 0 bridgehead atoms. The van der Waals surface area contributed by atoms with Gasteiger partial charge in [-0.2, -0.15) is 0 Å². The van der Waals surface area contributed by atoms with E-state index in [9.17, 15) is 24.7 Å². The van der Waals surface area contributed by atoms with Crippen LogP contribution in [0, 0.1) is 0 Å². The van der Waals surface area contributed by atoms with Crippen molar-refractivity contribution in [2.24, 2.45) is 0 Å². The molecule has 136 valence electrons. The number of hydrogen-bond donors (Lipinski definition) is 3. The van der Waals surface area contributed by atoms with Crippen LogP contribution in [0.25, 0.3) is 0 Å². The smallest absolute Gasteiger partial charge is 0.478 e. The maximum Gasteiger partial charge on any atom is 0.488 e. The number of carbonyl (C=O) groups excluding carboxylic acids is 1. The number of anilines is 1. The van der Waals surface area contributed by atoms with Crippen LogP contribution in [-0.4, -0.2) is 71.0 Å².